The minimum atomic E-state index is -0.622. The highest BCUT2D eigenvalue weighted by Crippen LogP contribution is 2.42. The zero-order valence-electron chi connectivity index (χ0n) is 10.8. The van der Waals surface area contributed by atoms with Crippen LogP contribution >= 0.6 is 11.6 Å². The molecule has 4 heteroatoms. The lowest BCUT2D eigenvalue weighted by atomic mass is 10.0. The summed E-state index contributed by atoms with van der Waals surface area (Å²) >= 11 is 5.97. The molecule has 1 heterocycles. The second-order valence-electron chi connectivity index (χ2n) is 4.59. The first-order valence-electron chi connectivity index (χ1n) is 6.41. The number of ether oxygens (including phenoxy) is 2. The number of fused-ring (bicyclic) bond motifs is 1. The van der Waals surface area contributed by atoms with Crippen molar-refractivity contribution in [2.75, 3.05) is 6.61 Å². The van der Waals surface area contributed by atoms with Gasteiger partial charge < -0.3 is 14.6 Å². The fraction of sp³-hybridized carbons (Fsp3) is 0.571. The molecule has 2 rings (SSSR count). The van der Waals surface area contributed by atoms with Gasteiger partial charge in [-0.1, -0.05) is 25.4 Å². The number of rotatable bonds is 4. The summed E-state index contributed by atoms with van der Waals surface area (Å²) in [5.74, 6) is 0.142. The molecular formula is C14H19ClO3. The maximum absolute atomic E-state index is 9.50. The Hall–Kier alpha value is -0.770. The Labute approximate surface area is 113 Å². The van der Waals surface area contributed by atoms with Crippen molar-refractivity contribution >= 4 is 11.6 Å². The lowest BCUT2D eigenvalue weighted by Crippen LogP contribution is -2.43. The topological polar surface area (TPSA) is 38.7 Å². The van der Waals surface area contributed by atoms with E-state index < -0.39 is 5.79 Å². The Morgan fingerprint density at radius 3 is 2.78 bits per heavy atom. The minimum Gasteiger partial charge on any atom is -0.462 e. The van der Waals surface area contributed by atoms with Crippen molar-refractivity contribution in [1.29, 1.82) is 0 Å². The summed E-state index contributed by atoms with van der Waals surface area (Å²) in [7, 11) is 0. The summed E-state index contributed by atoms with van der Waals surface area (Å²) in [6.07, 6.45) is 2.16. The predicted molar refractivity (Wildman–Crippen MR) is 70.9 cm³/mol. The van der Waals surface area contributed by atoms with Gasteiger partial charge in [0.2, 0.25) is 5.79 Å². The van der Waals surface area contributed by atoms with E-state index in [9.17, 15) is 5.11 Å². The summed E-state index contributed by atoms with van der Waals surface area (Å²) < 4.78 is 12.0. The standard InChI is InChI=1S/C14H19ClO3/c1-3-7-14(4-2)17-12-6-5-10(15)8-11(12)13(9-16)18-14/h5-6,8,13,16H,3-4,7,9H2,1-2H3. The normalized spacial score (nSPS) is 26.6. The Kier molecular flexibility index (Phi) is 4.15. The molecule has 0 saturated carbocycles. The highest BCUT2D eigenvalue weighted by atomic mass is 35.5. The van der Waals surface area contributed by atoms with Gasteiger partial charge in [-0.3, -0.25) is 0 Å². The SMILES string of the molecule is CCCC1(CC)Oc2ccc(Cl)cc2C(CO)O1. The molecule has 1 N–H and O–H groups in total. The Morgan fingerprint density at radius 2 is 2.17 bits per heavy atom. The van der Waals surface area contributed by atoms with Crippen LogP contribution < -0.4 is 4.74 Å². The van der Waals surface area contributed by atoms with Crippen LogP contribution in [0.25, 0.3) is 0 Å². The van der Waals surface area contributed by atoms with E-state index in [4.69, 9.17) is 21.1 Å². The van der Waals surface area contributed by atoms with Crippen LogP contribution in [0.2, 0.25) is 5.02 Å². The minimum absolute atomic E-state index is 0.0673. The molecule has 0 amide bonds. The zero-order chi connectivity index (χ0) is 13.2. The fourth-order valence-electron chi connectivity index (χ4n) is 2.37. The first-order chi connectivity index (χ1) is 8.64. The number of halogens is 1. The Balaban J connectivity index is 2.38. The fourth-order valence-corrected chi connectivity index (χ4v) is 2.55. The first-order valence-corrected chi connectivity index (χ1v) is 6.79. The van der Waals surface area contributed by atoms with Gasteiger partial charge in [0.05, 0.1) is 6.61 Å². The van der Waals surface area contributed by atoms with Crippen molar-refractivity contribution in [2.24, 2.45) is 0 Å². The van der Waals surface area contributed by atoms with Crippen LogP contribution in [0.1, 0.15) is 44.8 Å². The molecule has 0 aromatic heterocycles. The molecule has 100 valence electrons. The second-order valence-corrected chi connectivity index (χ2v) is 5.02. The average molecular weight is 271 g/mol. The molecular weight excluding hydrogens is 252 g/mol. The first kappa shape index (κ1) is 13.7. The molecule has 1 aliphatic rings. The van der Waals surface area contributed by atoms with E-state index in [1.54, 1.807) is 12.1 Å². The average Bonchev–Trinajstić information content (AvgIpc) is 2.38. The molecule has 0 bridgehead atoms. The van der Waals surface area contributed by atoms with Crippen molar-refractivity contribution in [2.45, 2.75) is 45.0 Å². The van der Waals surface area contributed by atoms with E-state index in [1.807, 2.05) is 13.0 Å². The maximum Gasteiger partial charge on any atom is 0.210 e. The highest BCUT2D eigenvalue weighted by molar-refractivity contribution is 6.30. The summed E-state index contributed by atoms with van der Waals surface area (Å²) in [5.41, 5.74) is 0.824. The van der Waals surface area contributed by atoms with Crippen LogP contribution in [0.15, 0.2) is 18.2 Å². The van der Waals surface area contributed by atoms with E-state index in [1.165, 1.54) is 0 Å². The van der Waals surface area contributed by atoms with Gasteiger partial charge in [0, 0.05) is 23.4 Å². The quantitative estimate of drug-likeness (QED) is 0.907. The van der Waals surface area contributed by atoms with E-state index in [2.05, 4.69) is 6.92 Å². The number of benzene rings is 1. The largest absolute Gasteiger partial charge is 0.462 e. The van der Waals surface area contributed by atoms with Gasteiger partial charge in [-0.15, -0.1) is 0 Å². The van der Waals surface area contributed by atoms with Gasteiger partial charge in [0.15, 0.2) is 0 Å². The van der Waals surface area contributed by atoms with Crippen LogP contribution in [-0.2, 0) is 4.74 Å². The second kappa shape index (κ2) is 5.47. The molecule has 0 radical (unpaired) electrons. The molecule has 0 aliphatic carbocycles. The molecule has 1 aliphatic heterocycles. The molecule has 0 spiro atoms. The monoisotopic (exact) mass is 270 g/mol. The number of hydrogen-bond donors (Lipinski definition) is 1. The maximum atomic E-state index is 9.50. The molecule has 3 nitrogen and oxygen atoms in total. The number of hydrogen-bond acceptors (Lipinski definition) is 3. The Morgan fingerprint density at radius 1 is 1.39 bits per heavy atom. The van der Waals surface area contributed by atoms with E-state index in [0.717, 1.165) is 30.6 Å². The summed E-state index contributed by atoms with van der Waals surface area (Å²) in [6.45, 7) is 4.06. The number of aliphatic hydroxyl groups is 1. The van der Waals surface area contributed by atoms with E-state index in [0.29, 0.717) is 5.02 Å². The van der Waals surface area contributed by atoms with Crippen molar-refractivity contribution in [3.63, 3.8) is 0 Å². The third-order valence-electron chi connectivity index (χ3n) is 3.31. The van der Waals surface area contributed by atoms with Gasteiger partial charge in [-0.25, -0.2) is 0 Å². The van der Waals surface area contributed by atoms with Gasteiger partial charge >= 0.3 is 0 Å². The van der Waals surface area contributed by atoms with Crippen molar-refractivity contribution < 1.29 is 14.6 Å². The van der Waals surface area contributed by atoms with Crippen LogP contribution in [0.3, 0.4) is 0 Å². The predicted octanol–water partition coefficient (Wildman–Crippen LogP) is 3.69. The Bertz CT molecular complexity index is 422. The van der Waals surface area contributed by atoms with Gasteiger partial charge in [0.1, 0.15) is 11.9 Å². The van der Waals surface area contributed by atoms with E-state index >= 15 is 0 Å². The highest BCUT2D eigenvalue weighted by Gasteiger charge is 2.39. The summed E-state index contributed by atoms with van der Waals surface area (Å²) in [5, 5.41) is 10.1. The van der Waals surface area contributed by atoms with Crippen molar-refractivity contribution in [1.82, 2.24) is 0 Å². The molecule has 2 atom stereocenters. The van der Waals surface area contributed by atoms with Crippen LogP contribution in [0, 0.1) is 0 Å². The molecule has 18 heavy (non-hydrogen) atoms. The molecule has 2 unspecified atom stereocenters. The lowest BCUT2D eigenvalue weighted by molar-refractivity contribution is -0.242. The van der Waals surface area contributed by atoms with Crippen molar-refractivity contribution in [3.05, 3.63) is 28.8 Å². The molecule has 1 aromatic rings. The molecule has 0 saturated heterocycles. The molecule has 1 aromatic carbocycles. The lowest BCUT2D eigenvalue weighted by Gasteiger charge is -2.41. The number of aliphatic hydroxyl groups excluding tert-OH is 1. The van der Waals surface area contributed by atoms with Gasteiger partial charge in [-0.05, 0) is 24.6 Å². The zero-order valence-corrected chi connectivity index (χ0v) is 11.5. The third-order valence-corrected chi connectivity index (χ3v) is 3.54. The smallest absolute Gasteiger partial charge is 0.210 e. The summed E-state index contributed by atoms with van der Waals surface area (Å²) in [6, 6.07) is 5.44. The van der Waals surface area contributed by atoms with Crippen LogP contribution in [0.5, 0.6) is 5.75 Å². The summed E-state index contributed by atoms with van der Waals surface area (Å²) in [4.78, 5) is 0. The van der Waals surface area contributed by atoms with Crippen LogP contribution in [-0.4, -0.2) is 17.5 Å². The van der Waals surface area contributed by atoms with Gasteiger partial charge in [0.25, 0.3) is 0 Å². The molecule has 0 fully saturated rings. The third kappa shape index (κ3) is 2.48. The van der Waals surface area contributed by atoms with Crippen LogP contribution in [0.4, 0.5) is 0 Å². The van der Waals surface area contributed by atoms with Gasteiger partial charge in [-0.2, -0.15) is 0 Å². The van der Waals surface area contributed by atoms with Crippen molar-refractivity contribution in [3.8, 4) is 5.75 Å². The van der Waals surface area contributed by atoms with E-state index in [-0.39, 0.29) is 12.7 Å².